The topological polar surface area (TPSA) is 61.0 Å². The Kier molecular flexibility index (Phi) is 6.67. The largest absolute Gasteiger partial charge is 0.320 e. The van der Waals surface area contributed by atoms with Gasteiger partial charge in [-0.2, -0.15) is 5.10 Å². The van der Waals surface area contributed by atoms with Crippen molar-refractivity contribution in [1.29, 1.82) is 0 Å². The van der Waals surface area contributed by atoms with Gasteiger partial charge in [-0.05, 0) is 49.9 Å². The van der Waals surface area contributed by atoms with E-state index in [4.69, 9.17) is 0 Å². The van der Waals surface area contributed by atoms with Crippen molar-refractivity contribution in [2.45, 2.75) is 65.0 Å². The van der Waals surface area contributed by atoms with Crippen LogP contribution in [0.1, 0.15) is 67.7 Å². The van der Waals surface area contributed by atoms with Crippen LogP contribution in [0, 0.1) is 5.92 Å². The van der Waals surface area contributed by atoms with Gasteiger partial charge in [-0.15, -0.1) is 0 Å². The maximum absolute atomic E-state index is 12.6. The van der Waals surface area contributed by atoms with E-state index in [1.54, 1.807) is 0 Å². The van der Waals surface area contributed by atoms with Crippen LogP contribution < -0.4 is 5.32 Å². The van der Waals surface area contributed by atoms with E-state index in [1.165, 1.54) is 32.1 Å². The van der Waals surface area contributed by atoms with E-state index in [1.807, 2.05) is 24.3 Å². The number of H-pyrrole nitrogens is 1. The van der Waals surface area contributed by atoms with Crippen molar-refractivity contribution < 1.29 is 4.79 Å². The first-order valence-electron chi connectivity index (χ1n) is 10.2. The fraction of sp³-hybridized carbons (Fsp3) is 0.545. The smallest absolute Gasteiger partial charge is 0.276 e. The Labute approximate surface area is 162 Å². The Morgan fingerprint density at radius 2 is 2.00 bits per heavy atom. The van der Waals surface area contributed by atoms with E-state index in [2.05, 4.69) is 47.4 Å². The Hall–Kier alpha value is -2.14. The highest BCUT2D eigenvalue weighted by atomic mass is 16.1. The third kappa shape index (κ3) is 5.42. The number of anilines is 1. The molecule has 3 rings (SSSR count). The van der Waals surface area contributed by atoms with E-state index in [0.29, 0.717) is 17.7 Å². The van der Waals surface area contributed by atoms with Crippen LogP contribution in [-0.4, -0.2) is 34.1 Å². The van der Waals surface area contributed by atoms with Gasteiger partial charge in [0, 0.05) is 24.0 Å². The lowest BCUT2D eigenvalue weighted by atomic mass is 9.94. The first-order valence-corrected chi connectivity index (χ1v) is 10.2. The van der Waals surface area contributed by atoms with E-state index < -0.39 is 0 Å². The van der Waals surface area contributed by atoms with E-state index in [-0.39, 0.29) is 5.91 Å². The van der Waals surface area contributed by atoms with Crippen LogP contribution in [0.4, 0.5) is 5.69 Å². The van der Waals surface area contributed by atoms with E-state index >= 15 is 0 Å². The standard InChI is InChI=1S/C22H32N4O/c1-16(2)13-18-14-21(25-24-18)22(27)23-20-12-8-7-9-17(20)15-26(3)19-10-5-4-6-11-19/h7-9,12,14,16,19H,4-6,10-11,13,15H2,1-3H3,(H,23,27)(H,24,25). The molecule has 0 aliphatic heterocycles. The number of nitrogens with one attached hydrogen (secondary N) is 2. The maximum atomic E-state index is 12.6. The zero-order valence-electron chi connectivity index (χ0n) is 16.8. The van der Waals surface area contributed by atoms with Crippen LogP contribution in [0.25, 0.3) is 0 Å². The number of amides is 1. The molecule has 1 aliphatic carbocycles. The van der Waals surface area contributed by atoms with E-state index in [9.17, 15) is 4.79 Å². The van der Waals surface area contributed by atoms with Gasteiger partial charge in [-0.3, -0.25) is 14.8 Å². The molecule has 1 heterocycles. The normalized spacial score (nSPS) is 15.4. The Morgan fingerprint density at radius 1 is 1.26 bits per heavy atom. The molecule has 0 unspecified atom stereocenters. The predicted molar refractivity (Wildman–Crippen MR) is 110 cm³/mol. The number of rotatable bonds is 7. The summed E-state index contributed by atoms with van der Waals surface area (Å²) in [5.74, 6) is 0.367. The number of nitrogens with zero attached hydrogens (tertiary/aromatic N) is 2. The average molecular weight is 369 g/mol. The maximum Gasteiger partial charge on any atom is 0.276 e. The molecule has 0 radical (unpaired) electrons. The van der Waals surface area contributed by atoms with Gasteiger partial charge >= 0.3 is 0 Å². The molecule has 27 heavy (non-hydrogen) atoms. The van der Waals surface area contributed by atoms with Gasteiger partial charge < -0.3 is 5.32 Å². The molecular formula is C22H32N4O. The molecule has 0 atom stereocenters. The minimum atomic E-state index is -0.158. The fourth-order valence-electron chi connectivity index (χ4n) is 3.91. The first kappa shape index (κ1) is 19.6. The monoisotopic (exact) mass is 368 g/mol. The molecule has 0 spiro atoms. The number of aromatic amines is 1. The molecular weight excluding hydrogens is 336 g/mol. The summed E-state index contributed by atoms with van der Waals surface area (Å²) in [5, 5.41) is 10.2. The summed E-state index contributed by atoms with van der Waals surface area (Å²) in [4.78, 5) is 15.1. The van der Waals surface area contributed by atoms with Gasteiger partial charge in [0.15, 0.2) is 5.69 Å². The predicted octanol–water partition coefficient (Wildman–Crippen LogP) is 4.63. The summed E-state index contributed by atoms with van der Waals surface area (Å²) in [7, 11) is 2.19. The lowest BCUT2D eigenvalue weighted by Crippen LogP contribution is -2.33. The van der Waals surface area contributed by atoms with Gasteiger partial charge in [-0.25, -0.2) is 0 Å². The summed E-state index contributed by atoms with van der Waals surface area (Å²) >= 11 is 0. The molecule has 2 N–H and O–H groups in total. The molecule has 1 fully saturated rings. The third-order valence-electron chi connectivity index (χ3n) is 5.38. The summed E-state index contributed by atoms with van der Waals surface area (Å²) < 4.78 is 0. The van der Waals surface area contributed by atoms with Crippen molar-refractivity contribution in [2.75, 3.05) is 12.4 Å². The summed E-state index contributed by atoms with van der Waals surface area (Å²) in [5.41, 5.74) is 3.47. The number of carbonyl (C=O) groups excluding carboxylic acids is 1. The van der Waals surface area contributed by atoms with Crippen LogP contribution >= 0.6 is 0 Å². The van der Waals surface area contributed by atoms with Crippen molar-refractivity contribution in [3.63, 3.8) is 0 Å². The SMILES string of the molecule is CC(C)Cc1cc(C(=O)Nc2ccccc2CN(C)C2CCCCC2)n[nH]1. The van der Waals surface area contributed by atoms with Crippen molar-refractivity contribution in [2.24, 2.45) is 5.92 Å². The summed E-state index contributed by atoms with van der Waals surface area (Å²) in [6, 6.07) is 10.6. The molecule has 2 aromatic rings. The molecule has 5 nitrogen and oxygen atoms in total. The van der Waals surface area contributed by atoms with Gasteiger partial charge in [0.2, 0.25) is 0 Å². The van der Waals surface area contributed by atoms with Crippen molar-refractivity contribution in [3.8, 4) is 0 Å². The van der Waals surface area contributed by atoms with Crippen molar-refractivity contribution in [1.82, 2.24) is 15.1 Å². The lowest BCUT2D eigenvalue weighted by Gasteiger charge is -2.31. The number of aromatic nitrogens is 2. The van der Waals surface area contributed by atoms with Crippen molar-refractivity contribution >= 4 is 11.6 Å². The minimum Gasteiger partial charge on any atom is -0.320 e. The Bertz CT molecular complexity index is 746. The van der Waals surface area contributed by atoms with Gasteiger partial charge in [0.05, 0.1) is 0 Å². The molecule has 1 aliphatic rings. The molecule has 1 saturated carbocycles. The van der Waals surface area contributed by atoms with Crippen LogP contribution in [0.5, 0.6) is 0 Å². The third-order valence-corrected chi connectivity index (χ3v) is 5.38. The Morgan fingerprint density at radius 3 is 2.74 bits per heavy atom. The molecule has 0 bridgehead atoms. The number of carbonyl (C=O) groups is 1. The summed E-state index contributed by atoms with van der Waals surface area (Å²) in [6.07, 6.45) is 7.45. The quantitative estimate of drug-likeness (QED) is 0.749. The molecule has 5 heteroatoms. The number of hydrogen-bond acceptors (Lipinski definition) is 3. The molecule has 146 valence electrons. The van der Waals surface area contributed by atoms with Crippen molar-refractivity contribution in [3.05, 3.63) is 47.3 Å². The highest BCUT2D eigenvalue weighted by Gasteiger charge is 2.19. The van der Waals surface area contributed by atoms with Gasteiger partial charge in [-0.1, -0.05) is 51.3 Å². The van der Waals surface area contributed by atoms with E-state index in [0.717, 1.165) is 29.9 Å². The van der Waals surface area contributed by atoms with Crippen LogP contribution in [0.15, 0.2) is 30.3 Å². The molecule has 1 aromatic carbocycles. The second-order valence-electron chi connectivity index (χ2n) is 8.19. The van der Waals surface area contributed by atoms with Gasteiger partial charge in [0.25, 0.3) is 5.91 Å². The Balaban J connectivity index is 1.66. The number of para-hydroxylation sites is 1. The second-order valence-corrected chi connectivity index (χ2v) is 8.19. The highest BCUT2D eigenvalue weighted by Crippen LogP contribution is 2.25. The first-order chi connectivity index (χ1) is 13.0. The zero-order valence-corrected chi connectivity index (χ0v) is 16.8. The van der Waals surface area contributed by atoms with Crippen LogP contribution in [0.3, 0.4) is 0 Å². The average Bonchev–Trinajstić information content (AvgIpc) is 3.12. The lowest BCUT2D eigenvalue weighted by molar-refractivity contribution is 0.102. The highest BCUT2D eigenvalue weighted by molar-refractivity contribution is 6.03. The summed E-state index contributed by atoms with van der Waals surface area (Å²) in [6.45, 7) is 5.15. The number of hydrogen-bond donors (Lipinski definition) is 2. The van der Waals surface area contributed by atoms with Gasteiger partial charge in [0.1, 0.15) is 0 Å². The van der Waals surface area contributed by atoms with Crippen LogP contribution in [-0.2, 0) is 13.0 Å². The van der Waals surface area contributed by atoms with Crippen LogP contribution in [0.2, 0.25) is 0 Å². The second kappa shape index (κ2) is 9.18. The molecule has 1 amide bonds. The molecule has 0 saturated heterocycles. The zero-order chi connectivity index (χ0) is 19.2. The number of benzene rings is 1. The minimum absolute atomic E-state index is 0.158. The fourth-order valence-corrected chi connectivity index (χ4v) is 3.91. The molecule has 1 aromatic heterocycles.